The fraction of sp³-hybridized carbons (Fsp3) is 0.167. The number of carbonyl (C=O) groups excluding carboxylic acids is 1. The number of fused-ring (bicyclic) bond motifs is 1. The molecule has 1 amide bonds. The molecule has 0 fully saturated rings. The Balaban J connectivity index is 1.54. The second-order valence-electron chi connectivity index (χ2n) is 5.60. The van der Waals surface area contributed by atoms with E-state index in [1.807, 2.05) is 64.5 Å². The maximum atomic E-state index is 12.6. The Morgan fingerprint density at radius 2 is 1.82 bits per heavy atom. The smallest absolute Gasteiger partial charge is 0.254 e. The van der Waals surface area contributed by atoms with E-state index in [1.54, 1.807) is 0 Å². The molecule has 3 heterocycles. The van der Waals surface area contributed by atoms with E-state index in [1.165, 1.54) is 11.3 Å². The minimum atomic E-state index is 0.103. The molecule has 3 aromatic rings. The van der Waals surface area contributed by atoms with E-state index in [9.17, 15) is 4.79 Å². The van der Waals surface area contributed by atoms with E-state index in [0.29, 0.717) is 6.54 Å². The average molecular weight is 291 g/mol. The van der Waals surface area contributed by atoms with Crippen molar-refractivity contribution in [2.24, 2.45) is 0 Å². The molecule has 4 nitrogen and oxygen atoms in total. The topological polar surface area (TPSA) is 41.0 Å². The predicted octanol–water partition coefficient (Wildman–Crippen LogP) is 3.00. The summed E-state index contributed by atoms with van der Waals surface area (Å²) in [4.78, 5) is 17.8. The highest BCUT2D eigenvalue weighted by molar-refractivity contribution is 5.94. The minimum absolute atomic E-state index is 0.103. The van der Waals surface area contributed by atoms with Gasteiger partial charge in [-0.15, -0.1) is 0 Å². The number of hydrogen-bond acceptors (Lipinski definition) is 1. The van der Waals surface area contributed by atoms with Gasteiger partial charge in [-0.05, 0) is 48.0 Å². The van der Waals surface area contributed by atoms with Crippen LogP contribution in [0.5, 0.6) is 0 Å². The largest absolute Gasteiger partial charge is 0.365 e. The molecular formula is C18H17N3O. The number of benzene rings is 1. The zero-order valence-corrected chi connectivity index (χ0v) is 12.2. The van der Waals surface area contributed by atoms with Crippen LogP contribution >= 0.6 is 0 Å². The lowest BCUT2D eigenvalue weighted by molar-refractivity contribution is 0.0734. The van der Waals surface area contributed by atoms with Crippen molar-refractivity contribution in [2.45, 2.75) is 13.0 Å². The standard InChI is InChI=1S/C18H17N3O/c22-18(21-12-8-17-15(13-21)7-9-19-17)14-3-5-16(6-4-14)20-10-1-2-11-20/h1-7,9-11,19H,8,12-13H2. The molecule has 0 radical (unpaired) electrons. The van der Waals surface area contributed by atoms with Gasteiger partial charge >= 0.3 is 0 Å². The lowest BCUT2D eigenvalue weighted by Gasteiger charge is -2.27. The van der Waals surface area contributed by atoms with Gasteiger partial charge in [0, 0.05) is 55.0 Å². The molecular weight excluding hydrogens is 274 g/mol. The van der Waals surface area contributed by atoms with Crippen molar-refractivity contribution >= 4 is 5.91 Å². The highest BCUT2D eigenvalue weighted by Gasteiger charge is 2.22. The van der Waals surface area contributed by atoms with E-state index in [2.05, 4.69) is 11.1 Å². The summed E-state index contributed by atoms with van der Waals surface area (Å²) in [6.07, 6.45) is 6.84. The first-order valence-corrected chi connectivity index (χ1v) is 7.49. The number of hydrogen-bond donors (Lipinski definition) is 1. The zero-order valence-electron chi connectivity index (χ0n) is 12.2. The van der Waals surface area contributed by atoms with Gasteiger partial charge in [-0.3, -0.25) is 4.79 Å². The molecule has 4 heteroatoms. The molecule has 0 saturated carbocycles. The number of aromatic amines is 1. The van der Waals surface area contributed by atoms with Crippen LogP contribution in [-0.2, 0) is 13.0 Å². The molecule has 0 atom stereocenters. The molecule has 1 N–H and O–H groups in total. The third-order valence-corrected chi connectivity index (χ3v) is 4.23. The van der Waals surface area contributed by atoms with Crippen molar-refractivity contribution in [3.05, 3.63) is 77.9 Å². The van der Waals surface area contributed by atoms with E-state index in [-0.39, 0.29) is 5.91 Å². The van der Waals surface area contributed by atoms with Crippen LogP contribution in [-0.4, -0.2) is 26.9 Å². The second kappa shape index (κ2) is 5.22. The molecule has 0 aliphatic carbocycles. The second-order valence-corrected chi connectivity index (χ2v) is 5.60. The first kappa shape index (κ1) is 13.0. The molecule has 2 aromatic heterocycles. The third-order valence-electron chi connectivity index (χ3n) is 4.23. The molecule has 1 aromatic carbocycles. The van der Waals surface area contributed by atoms with Crippen LogP contribution in [0.4, 0.5) is 0 Å². The van der Waals surface area contributed by atoms with Gasteiger partial charge in [-0.25, -0.2) is 0 Å². The SMILES string of the molecule is O=C(c1ccc(-n2cccc2)cc1)N1CCc2[nH]ccc2C1. The Kier molecular flexibility index (Phi) is 3.07. The molecule has 0 unspecified atom stereocenters. The summed E-state index contributed by atoms with van der Waals surface area (Å²) in [7, 11) is 0. The summed E-state index contributed by atoms with van der Waals surface area (Å²) < 4.78 is 2.03. The summed E-state index contributed by atoms with van der Waals surface area (Å²) in [5, 5.41) is 0. The van der Waals surface area contributed by atoms with Crippen LogP contribution in [0.1, 0.15) is 21.6 Å². The van der Waals surface area contributed by atoms with Crippen molar-refractivity contribution in [3.8, 4) is 5.69 Å². The summed E-state index contributed by atoms with van der Waals surface area (Å²) in [6, 6.07) is 13.8. The van der Waals surface area contributed by atoms with Crippen molar-refractivity contribution < 1.29 is 4.79 Å². The fourth-order valence-electron chi connectivity index (χ4n) is 2.99. The Labute approximate surface area is 129 Å². The molecule has 1 aliphatic rings. The van der Waals surface area contributed by atoms with E-state index in [4.69, 9.17) is 0 Å². The maximum Gasteiger partial charge on any atom is 0.254 e. The number of H-pyrrole nitrogens is 1. The van der Waals surface area contributed by atoms with Gasteiger partial charge in [0.05, 0.1) is 0 Å². The quantitative estimate of drug-likeness (QED) is 0.774. The van der Waals surface area contributed by atoms with Crippen LogP contribution < -0.4 is 0 Å². The number of rotatable bonds is 2. The lowest BCUT2D eigenvalue weighted by atomic mass is 10.1. The molecule has 0 bridgehead atoms. The van der Waals surface area contributed by atoms with Gasteiger partial charge in [0.15, 0.2) is 0 Å². The van der Waals surface area contributed by atoms with E-state index in [0.717, 1.165) is 24.2 Å². The summed E-state index contributed by atoms with van der Waals surface area (Å²) in [5.74, 6) is 0.103. The minimum Gasteiger partial charge on any atom is -0.365 e. The van der Waals surface area contributed by atoms with Gasteiger partial charge in [-0.1, -0.05) is 0 Å². The fourth-order valence-corrected chi connectivity index (χ4v) is 2.99. The Hall–Kier alpha value is -2.75. The highest BCUT2D eigenvalue weighted by Crippen LogP contribution is 2.20. The first-order chi connectivity index (χ1) is 10.8. The summed E-state index contributed by atoms with van der Waals surface area (Å²) >= 11 is 0. The average Bonchev–Trinajstić information content (AvgIpc) is 3.25. The van der Waals surface area contributed by atoms with Gasteiger partial charge in [0.25, 0.3) is 5.91 Å². The van der Waals surface area contributed by atoms with Gasteiger partial charge in [0.2, 0.25) is 0 Å². The van der Waals surface area contributed by atoms with Crippen LogP contribution in [0.3, 0.4) is 0 Å². The molecule has 0 saturated heterocycles. The van der Waals surface area contributed by atoms with Crippen LogP contribution in [0.15, 0.2) is 61.1 Å². The Morgan fingerprint density at radius 3 is 2.59 bits per heavy atom. The lowest BCUT2D eigenvalue weighted by Crippen LogP contribution is -2.35. The molecule has 4 rings (SSSR count). The van der Waals surface area contributed by atoms with Crippen LogP contribution in [0, 0.1) is 0 Å². The number of nitrogens with one attached hydrogen (secondary N) is 1. The number of aromatic nitrogens is 2. The van der Waals surface area contributed by atoms with Gasteiger partial charge < -0.3 is 14.5 Å². The predicted molar refractivity (Wildman–Crippen MR) is 85.0 cm³/mol. The van der Waals surface area contributed by atoms with Crippen molar-refractivity contribution in [1.29, 1.82) is 0 Å². The van der Waals surface area contributed by atoms with E-state index >= 15 is 0 Å². The summed E-state index contributed by atoms with van der Waals surface area (Å²) in [6.45, 7) is 1.46. The molecule has 0 spiro atoms. The number of carbonyl (C=O) groups is 1. The number of nitrogens with zero attached hydrogens (tertiary/aromatic N) is 2. The van der Waals surface area contributed by atoms with Crippen molar-refractivity contribution in [1.82, 2.24) is 14.5 Å². The molecule has 22 heavy (non-hydrogen) atoms. The van der Waals surface area contributed by atoms with Gasteiger partial charge in [0.1, 0.15) is 0 Å². The molecule has 110 valence electrons. The highest BCUT2D eigenvalue weighted by atomic mass is 16.2. The van der Waals surface area contributed by atoms with Crippen molar-refractivity contribution in [3.63, 3.8) is 0 Å². The Bertz CT molecular complexity index is 784. The summed E-state index contributed by atoms with van der Waals surface area (Å²) in [5.41, 5.74) is 4.29. The monoisotopic (exact) mass is 291 g/mol. The van der Waals surface area contributed by atoms with Crippen LogP contribution in [0.25, 0.3) is 5.69 Å². The zero-order chi connectivity index (χ0) is 14.9. The Morgan fingerprint density at radius 1 is 1.05 bits per heavy atom. The molecule has 1 aliphatic heterocycles. The third kappa shape index (κ3) is 2.22. The maximum absolute atomic E-state index is 12.6. The van der Waals surface area contributed by atoms with Crippen molar-refractivity contribution in [2.75, 3.05) is 6.54 Å². The van der Waals surface area contributed by atoms with Gasteiger partial charge in [-0.2, -0.15) is 0 Å². The first-order valence-electron chi connectivity index (χ1n) is 7.49. The van der Waals surface area contributed by atoms with E-state index < -0.39 is 0 Å². The van der Waals surface area contributed by atoms with Crippen LogP contribution in [0.2, 0.25) is 0 Å². The number of amides is 1. The normalized spacial score (nSPS) is 13.9.